The summed E-state index contributed by atoms with van der Waals surface area (Å²) in [6, 6.07) is 0. The Bertz CT molecular complexity index is 502. The highest BCUT2D eigenvalue weighted by atomic mass is 19.4. The third-order valence-electron chi connectivity index (χ3n) is 2.04. The Kier molecular flexibility index (Phi) is 2.80. The summed E-state index contributed by atoms with van der Waals surface area (Å²) in [4.78, 5) is 7.71. The van der Waals surface area contributed by atoms with Crippen molar-refractivity contribution >= 4 is 0 Å². The van der Waals surface area contributed by atoms with E-state index in [1.54, 1.807) is 0 Å². The van der Waals surface area contributed by atoms with Gasteiger partial charge in [0.15, 0.2) is 0 Å². The molecule has 0 atom stereocenters. The number of hydrogen-bond donors (Lipinski definition) is 1. The van der Waals surface area contributed by atoms with Crippen LogP contribution in [0, 0.1) is 0 Å². The third kappa shape index (κ3) is 2.41. The summed E-state index contributed by atoms with van der Waals surface area (Å²) in [5.41, 5.74) is 5.20. The quantitative estimate of drug-likeness (QED) is 0.858. The van der Waals surface area contributed by atoms with Crippen LogP contribution in [0.3, 0.4) is 0 Å². The SMILES string of the molecule is NCc1cnc(-n2cc(C(F)(F)F)cn2)nc1. The fourth-order valence-electron chi connectivity index (χ4n) is 1.15. The lowest BCUT2D eigenvalue weighted by Gasteiger charge is -2.01. The Morgan fingerprint density at radius 2 is 1.82 bits per heavy atom. The molecule has 0 unspecified atom stereocenters. The first-order valence-corrected chi connectivity index (χ1v) is 4.64. The second-order valence-corrected chi connectivity index (χ2v) is 3.27. The average Bonchev–Trinajstić information content (AvgIpc) is 2.78. The number of aromatic nitrogens is 4. The zero-order valence-corrected chi connectivity index (χ0v) is 8.52. The maximum Gasteiger partial charge on any atom is 0.419 e. The van der Waals surface area contributed by atoms with E-state index in [0.29, 0.717) is 5.56 Å². The molecule has 0 saturated carbocycles. The molecule has 2 heterocycles. The van der Waals surface area contributed by atoms with Crippen molar-refractivity contribution in [3.8, 4) is 5.95 Å². The summed E-state index contributed by atoms with van der Waals surface area (Å²) in [7, 11) is 0. The van der Waals surface area contributed by atoms with Crippen molar-refractivity contribution in [2.75, 3.05) is 0 Å². The van der Waals surface area contributed by atoms with E-state index in [4.69, 9.17) is 5.73 Å². The van der Waals surface area contributed by atoms with Crippen molar-refractivity contribution in [2.45, 2.75) is 12.7 Å². The summed E-state index contributed by atoms with van der Waals surface area (Å²) >= 11 is 0. The van der Waals surface area contributed by atoms with Crippen LogP contribution in [0.15, 0.2) is 24.8 Å². The van der Waals surface area contributed by atoms with Gasteiger partial charge in [-0.25, -0.2) is 14.6 Å². The molecule has 0 spiro atoms. The van der Waals surface area contributed by atoms with Gasteiger partial charge >= 0.3 is 6.18 Å². The fraction of sp³-hybridized carbons (Fsp3) is 0.222. The van der Waals surface area contributed by atoms with Gasteiger partial charge < -0.3 is 5.73 Å². The molecule has 2 N–H and O–H groups in total. The van der Waals surface area contributed by atoms with E-state index < -0.39 is 11.7 Å². The monoisotopic (exact) mass is 243 g/mol. The normalized spacial score (nSPS) is 11.8. The minimum absolute atomic E-state index is 0.0673. The van der Waals surface area contributed by atoms with E-state index in [9.17, 15) is 13.2 Å². The van der Waals surface area contributed by atoms with Gasteiger partial charge in [-0.15, -0.1) is 0 Å². The van der Waals surface area contributed by atoms with Gasteiger partial charge in [-0.3, -0.25) is 0 Å². The molecule has 0 saturated heterocycles. The van der Waals surface area contributed by atoms with Crippen molar-refractivity contribution in [3.05, 3.63) is 35.9 Å². The smallest absolute Gasteiger partial charge is 0.326 e. The Balaban J connectivity index is 2.30. The Morgan fingerprint density at radius 1 is 1.18 bits per heavy atom. The molecule has 0 fully saturated rings. The van der Waals surface area contributed by atoms with Crippen LogP contribution in [-0.2, 0) is 12.7 Å². The van der Waals surface area contributed by atoms with Gasteiger partial charge in [0.2, 0.25) is 5.95 Å². The predicted octanol–water partition coefficient (Wildman–Crippen LogP) is 1.14. The second-order valence-electron chi connectivity index (χ2n) is 3.27. The predicted molar refractivity (Wildman–Crippen MR) is 52.0 cm³/mol. The largest absolute Gasteiger partial charge is 0.419 e. The van der Waals surface area contributed by atoms with Crippen LogP contribution in [0.5, 0.6) is 0 Å². The van der Waals surface area contributed by atoms with Crippen molar-refractivity contribution in [1.82, 2.24) is 19.7 Å². The van der Waals surface area contributed by atoms with Gasteiger partial charge in [-0.2, -0.15) is 18.3 Å². The molecule has 0 amide bonds. The Morgan fingerprint density at radius 3 is 2.29 bits per heavy atom. The maximum atomic E-state index is 12.3. The van der Waals surface area contributed by atoms with Crippen LogP contribution < -0.4 is 5.73 Å². The highest BCUT2D eigenvalue weighted by Gasteiger charge is 2.32. The fourth-order valence-corrected chi connectivity index (χ4v) is 1.15. The van der Waals surface area contributed by atoms with Crippen LogP contribution in [0.2, 0.25) is 0 Å². The molecule has 17 heavy (non-hydrogen) atoms. The molecule has 0 radical (unpaired) electrons. The molecule has 0 aliphatic rings. The van der Waals surface area contributed by atoms with Crippen molar-refractivity contribution in [1.29, 1.82) is 0 Å². The first kappa shape index (κ1) is 11.5. The van der Waals surface area contributed by atoms with Gasteiger partial charge in [0.1, 0.15) is 0 Å². The first-order valence-electron chi connectivity index (χ1n) is 4.64. The molecular formula is C9H8F3N5. The Hall–Kier alpha value is -1.96. The van der Waals surface area contributed by atoms with Crippen LogP contribution in [0.25, 0.3) is 5.95 Å². The molecule has 0 bridgehead atoms. The molecule has 2 rings (SSSR count). The zero-order valence-electron chi connectivity index (χ0n) is 8.52. The number of rotatable bonds is 2. The minimum Gasteiger partial charge on any atom is -0.326 e. The summed E-state index contributed by atoms with van der Waals surface area (Å²) in [6.07, 6.45) is 0.0155. The van der Waals surface area contributed by atoms with Gasteiger partial charge in [0, 0.05) is 30.7 Å². The molecule has 2 aromatic rings. The third-order valence-corrected chi connectivity index (χ3v) is 2.04. The standard InChI is InChI=1S/C9H8F3N5/c10-9(11,12)7-4-16-17(5-7)8-14-2-6(1-13)3-15-8/h2-5H,1,13H2. The van der Waals surface area contributed by atoms with Crippen LogP contribution >= 0.6 is 0 Å². The molecule has 5 nitrogen and oxygen atoms in total. The number of alkyl halides is 3. The highest BCUT2D eigenvalue weighted by molar-refractivity contribution is 5.18. The summed E-state index contributed by atoms with van der Waals surface area (Å²) in [5.74, 6) is 0.0673. The molecule has 2 aromatic heterocycles. The lowest BCUT2D eigenvalue weighted by molar-refractivity contribution is -0.137. The minimum atomic E-state index is -4.42. The van der Waals surface area contributed by atoms with E-state index in [2.05, 4.69) is 15.1 Å². The van der Waals surface area contributed by atoms with Crippen LogP contribution in [0.4, 0.5) is 13.2 Å². The molecule has 0 aromatic carbocycles. The van der Waals surface area contributed by atoms with E-state index in [0.717, 1.165) is 17.1 Å². The van der Waals surface area contributed by atoms with Crippen molar-refractivity contribution in [3.63, 3.8) is 0 Å². The lowest BCUT2D eigenvalue weighted by Crippen LogP contribution is -2.05. The van der Waals surface area contributed by atoms with Gasteiger partial charge in [-0.1, -0.05) is 0 Å². The molecule has 0 aliphatic carbocycles. The number of nitrogens with two attached hydrogens (primary N) is 1. The van der Waals surface area contributed by atoms with Crippen molar-refractivity contribution in [2.24, 2.45) is 5.73 Å². The number of hydrogen-bond acceptors (Lipinski definition) is 4. The van der Waals surface area contributed by atoms with E-state index in [1.807, 2.05) is 0 Å². The Labute approximate surface area is 94.1 Å². The average molecular weight is 243 g/mol. The summed E-state index contributed by atoms with van der Waals surface area (Å²) in [6.45, 7) is 0.271. The maximum absolute atomic E-state index is 12.3. The second kappa shape index (κ2) is 4.13. The van der Waals surface area contributed by atoms with Crippen LogP contribution in [0.1, 0.15) is 11.1 Å². The molecule has 0 aliphatic heterocycles. The van der Waals surface area contributed by atoms with E-state index in [1.165, 1.54) is 12.4 Å². The van der Waals surface area contributed by atoms with Crippen molar-refractivity contribution < 1.29 is 13.2 Å². The van der Waals surface area contributed by atoms with Gasteiger partial charge in [0.25, 0.3) is 0 Å². The lowest BCUT2D eigenvalue weighted by atomic mass is 10.3. The van der Waals surface area contributed by atoms with Gasteiger partial charge in [0.05, 0.1) is 11.8 Å². The number of halogens is 3. The van der Waals surface area contributed by atoms with Gasteiger partial charge in [-0.05, 0) is 0 Å². The molecular weight excluding hydrogens is 235 g/mol. The van der Waals surface area contributed by atoms with E-state index in [-0.39, 0.29) is 12.5 Å². The molecule has 8 heteroatoms. The van der Waals surface area contributed by atoms with E-state index >= 15 is 0 Å². The topological polar surface area (TPSA) is 69.6 Å². The first-order chi connectivity index (χ1) is 8.00. The summed E-state index contributed by atoms with van der Waals surface area (Å²) < 4.78 is 37.9. The number of nitrogens with zero attached hydrogens (tertiary/aromatic N) is 4. The zero-order chi connectivity index (χ0) is 12.5. The summed E-state index contributed by atoms with van der Waals surface area (Å²) in [5, 5.41) is 3.55. The highest BCUT2D eigenvalue weighted by Crippen LogP contribution is 2.28. The molecule has 90 valence electrons. The van der Waals surface area contributed by atoms with Crippen LogP contribution in [-0.4, -0.2) is 19.7 Å².